The number of hydrogen-bond acceptors (Lipinski definition) is 5. The van der Waals surface area contributed by atoms with Gasteiger partial charge in [0.05, 0.1) is 5.69 Å². The molecule has 1 amide bonds. The van der Waals surface area contributed by atoms with E-state index in [-0.39, 0.29) is 23.6 Å². The second kappa shape index (κ2) is 9.26. The average Bonchev–Trinajstić information content (AvgIpc) is 2.80. The summed E-state index contributed by atoms with van der Waals surface area (Å²) in [5.74, 6) is -1.07. The molecule has 1 unspecified atom stereocenters. The molecule has 3 N–H and O–H groups in total. The molecule has 1 aliphatic rings. The number of amides is 1. The van der Waals surface area contributed by atoms with Crippen LogP contribution in [0.15, 0.2) is 71.6 Å². The number of sulfone groups is 1. The van der Waals surface area contributed by atoms with Crippen LogP contribution >= 0.6 is 0 Å². The molecule has 0 aromatic heterocycles. The van der Waals surface area contributed by atoms with Gasteiger partial charge in [-0.1, -0.05) is 36.4 Å². The van der Waals surface area contributed by atoms with Crippen LogP contribution in [0.25, 0.3) is 11.1 Å². The summed E-state index contributed by atoms with van der Waals surface area (Å²) < 4.78 is 46.6. The summed E-state index contributed by atoms with van der Waals surface area (Å²) in [6.45, 7) is 0.243. The van der Waals surface area contributed by atoms with Gasteiger partial charge in [0.1, 0.15) is 16.5 Å². The number of anilines is 1. The SMILES string of the molecule is CS(=O)(=O)c1c(-c2ccccc2)ccc(N2CCCC(Oc3ccc(C(=N)N)cc3)C2=O)c1F. The van der Waals surface area contributed by atoms with Gasteiger partial charge in [-0.05, 0) is 48.7 Å². The van der Waals surface area contributed by atoms with E-state index in [4.69, 9.17) is 15.9 Å². The average molecular weight is 482 g/mol. The van der Waals surface area contributed by atoms with Crippen molar-refractivity contribution in [3.8, 4) is 16.9 Å². The number of hydrogen-bond donors (Lipinski definition) is 2. The van der Waals surface area contributed by atoms with Crippen LogP contribution in [0.3, 0.4) is 0 Å². The van der Waals surface area contributed by atoms with Crippen LogP contribution in [0.5, 0.6) is 5.75 Å². The number of ether oxygens (including phenoxy) is 1. The number of nitrogens with one attached hydrogen (secondary N) is 1. The fraction of sp³-hybridized carbons (Fsp3) is 0.200. The van der Waals surface area contributed by atoms with Crippen molar-refractivity contribution in [1.82, 2.24) is 0 Å². The highest BCUT2D eigenvalue weighted by molar-refractivity contribution is 7.90. The molecule has 4 rings (SSSR count). The predicted octanol–water partition coefficient (Wildman–Crippen LogP) is 3.75. The number of nitrogen functional groups attached to an aromatic ring is 1. The topological polar surface area (TPSA) is 114 Å². The summed E-state index contributed by atoms with van der Waals surface area (Å²) >= 11 is 0. The summed E-state index contributed by atoms with van der Waals surface area (Å²) in [5, 5.41) is 7.46. The summed E-state index contributed by atoms with van der Waals surface area (Å²) in [6, 6.07) is 18.1. The molecule has 1 atom stereocenters. The molecule has 1 saturated heterocycles. The fourth-order valence-corrected chi connectivity index (χ4v) is 5.05. The molecule has 3 aromatic rings. The van der Waals surface area contributed by atoms with Gasteiger partial charge in [-0.15, -0.1) is 0 Å². The third kappa shape index (κ3) is 4.65. The molecular weight excluding hydrogens is 457 g/mol. The third-order valence-electron chi connectivity index (χ3n) is 5.66. The standard InChI is InChI=1S/C25H24FN3O4S/c1-34(31,32)23-19(16-6-3-2-4-7-16)13-14-20(22(23)26)29-15-5-8-21(25(29)30)33-18-11-9-17(10-12-18)24(27)28/h2-4,6-7,9-14,21H,5,8,15H2,1H3,(H3,27,28). The Balaban J connectivity index is 1.67. The van der Waals surface area contributed by atoms with Gasteiger partial charge in [0.25, 0.3) is 5.91 Å². The minimum absolute atomic E-state index is 0.0810. The van der Waals surface area contributed by atoms with Crippen molar-refractivity contribution in [3.63, 3.8) is 0 Å². The first-order valence-electron chi connectivity index (χ1n) is 10.7. The molecule has 0 bridgehead atoms. The van der Waals surface area contributed by atoms with E-state index in [0.717, 1.165) is 6.26 Å². The number of benzene rings is 3. The zero-order chi connectivity index (χ0) is 24.5. The number of piperidine rings is 1. The second-order valence-corrected chi connectivity index (χ2v) is 10.0. The van der Waals surface area contributed by atoms with E-state index < -0.39 is 32.6 Å². The number of halogens is 1. The molecule has 0 aliphatic carbocycles. The maximum atomic E-state index is 15.7. The number of carbonyl (C=O) groups is 1. The first-order valence-corrected chi connectivity index (χ1v) is 12.6. The van der Waals surface area contributed by atoms with Gasteiger partial charge in [0, 0.05) is 23.9 Å². The molecule has 7 nitrogen and oxygen atoms in total. The Bertz CT molecular complexity index is 1340. The van der Waals surface area contributed by atoms with Crippen LogP contribution in [0.2, 0.25) is 0 Å². The molecule has 9 heteroatoms. The van der Waals surface area contributed by atoms with Crippen LogP contribution in [-0.2, 0) is 14.6 Å². The fourth-order valence-electron chi connectivity index (χ4n) is 4.03. The molecule has 176 valence electrons. The summed E-state index contributed by atoms with van der Waals surface area (Å²) in [5.41, 5.74) is 6.70. The highest BCUT2D eigenvalue weighted by atomic mass is 32.2. The molecule has 3 aromatic carbocycles. The van der Waals surface area contributed by atoms with E-state index in [1.54, 1.807) is 54.6 Å². The Labute approximate surface area is 197 Å². The lowest BCUT2D eigenvalue weighted by molar-refractivity contribution is -0.127. The molecule has 1 heterocycles. The number of nitrogens with two attached hydrogens (primary N) is 1. The predicted molar refractivity (Wildman–Crippen MR) is 128 cm³/mol. The minimum Gasteiger partial charge on any atom is -0.481 e. The highest BCUT2D eigenvalue weighted by Gasteiger charge is 2.34. The van der Waals surface area contributed by atoms with Crippen molar-refractivity contribution in [2.45, 2.75) is 23.8 Å². The van der Waals surface area contributed by atoms with Gasteiger partial charge >= 0.3 is 0 Å². The third-order valence-corrected chi connectivity index (χ3v) is 6.80. The van der Waals surface area contributed by atoms with Gasteiger partial charge < -0.3 is 15.4 Å². The maximum Gasteiger partial charge on any atom is 0.268 e. The molecule has 1 fully saturated rings. The monoisotopic (exact) mass is 481 g/mol. The number of carbonyl (C=O) groups excluding carboxylic acids is 1. The Morgan fingerprint density at radius 1 is 1.09 bits per heavy atom. The molecule has 0 saturated carbocycles. The van der Waals surface area contributed by atoms with Gasteiger partial charge in [-0.2, -0.15) is 0 Å². The van der Waals surface area contributed by atoms with E-state index in [0.29, 0.717) is 29.7 Å². The maximum absolute atomic E-state index is 15.7. The largest absolute Gasteiger partial charge is 0.481 e. The number of rotatable bonds is 6. The van der Waals surface area contributed by atoms with Crippen molar-refractivity contribution in [2.75, 3.05) is 17.7 Å². The van der Waals surface area contributed by atoms with Crippen molar-refractivity contribution < 1.29 is 22.3 Å². The Kier molecular flexibility index (Phi) is 6.39. The zero-order valence-corrected chi connectivity index (χ0v) is 19.3. The summed E-state index contributed by atoms with van der Waals surface area (Å²) in [4.78, 5) is 14.0. The van der Waals surface area contributed by atoms with Gasteiger partial charge in [0.15, 0.2) is 21.8 Å². The molecule has 34 heavy (non-hydrogen) atoms. The Morgan fingerprint density at radius 2 is 1.76 bits per heavy atom. The normalized spacial score (nSPS) is 16.4. The highest BCUT2D eigenvalue weighted by Crippen LogP contribution is 2.36. The molecule has 0 spiro atoms. The van der Waals surface area contributed by atoms with Crippen molar-refractivity contribution in [3.05, 3.63) is 78.1 Å². The van der Waals surface area contributed by atoms with E-state index >= 15 is 4.39 Å². The summed E-state index contributed by atoms with van der Waals surface area (Å²) in [7, 11) is -3.94. The van der Waals surface area contributed by atoms with Crippen molar-refractivity contribution in [1.29, 1.82) is 5.41 Å². The lowest BCUT2D eigenvalue weighted by Gasteiger charge is -2.33. The second-order valence-electron chi connectivity index (χ2n) is 8.09. The van der Waals surface area contributed by atoms with Gasteiger partial charge in [-0.25, -0.2) is 12.8 Å². The lowest BCUT2D eigenvalue weighted by Crippen LogP contribution is -2.47. The quantitative estimate of drug-likeness (QED) is 0.411. The number of nitrogens with zero attached hydrogens (tertiary/aromatic N) is 1. The first kappa shape index (κ1) is 23.4. The first-order chi connectivity index (χ1) is 16.2. The molecule has 0 radical (unpaired) electrons. The Hall–Kier alpha value is -3.72. The van der Waals surface area contributed by atoms with E-state index in [2.05, 4.69) is 0 Å². The van der Waals surface area contributed by atoms with E-state index in [1.807, 2.05) is 0 Å². The minimum atomic E-state index is -3.94. The smallest absolute Gasteiger partial charge is 0.268 e. The van der Waals surface area contributed by atoms with Crippen LogP contribution in [0.4, 0.5) is 10.1 Å². The van der Waals surface area contributed by atoms with Crippen molar-refractivity contribution >= 4 is 27.3 Å². The zero-order valence-electron chi connectivity index (χ0n) is 18.5. The van der Waals surface area contributed by atoms with E-state index in [9.17, 15) is 13.2 Å². The lowest BCUT2D eigenvalue weighted by atomic mass is 10.0. The molecule has 1 aliphatic heterocycles. The van der Waals surface area contributed by atoms with Gasteiger partial charge in [0.2, 0.25) is 0 Å². The van der Waals surface area contributed by atoms with Gasteiger partial charge in [-0.3, -0.25) is 10.2 Å². The number of amidine groups is 1. The van der Waals surface area contributed by atoms with Crippen LogP contribution in [-0.4, -0.2) is 39.1 Å². The summed E-state index contributed by atoms with van der Waals surface area (Å²) in [6.07, 6.45) is 1.09. The van der Waals surface area contributed by atoms with Crippen LogP contribution in [0, 0.1) is 11.2 Å². The van der Waals surface area contributed by atoms with Crippen LogP contribution in [0.1, 0.15) is 18.4 Å². The molecular formula is C25H24FN3O4S. The van der Waals surface area contributed by atoms with Crippen LogP contribution < -0.4 is 15.4 Å². The van der Waals surface area contributed by atoms with E-state index in [1.165, 1.54) is 17.0 Å². The van der Waals surface area contributed by atoms with Crippen molar-refractivity contribution in [2.24, 2.45) is 5.73 Å². The Morgan fingerprint density at radius 3 is 2.38 bits per heavy atom.